The average Bonchev–Trinajstić information content (AvgIpc) is 3.00. The normalized spacial score (nSPS) is 21.4. The van der Waals surface area contributed by atoms with Gasteiger partial charge in [-0.1, -0.05) is 60.3 Å². The summed E-state index contributed by atoms with van der Waals surface area (Å²) in [5.74, 6) is -3.49. The Morgan fingerprint density at radius 1 is 1.02 bits per heavy atom. The molecule has 46 heavy (non-hydrogen) atoms. The largest absolute Gasteiger partial charge is 0.465 e. The molecular weight excluding hydrogens is 660 g/mol. The lowest BCUT2D eigenvalue weighted by Gasteiger charge is -2.49. The number of sulfonamides is 1. The summed E-state index contributed by atoms with van der Waals surface area (Å²) in [5.41, 5.74) is 3.82. The highest BCUT2D eigenvalue weighted by atomic mass is 35.5. The quantitative estimate of drug-likeness (QED) is 0.230. The Labute approximate surface area is 276 Å². The summed E-state index contributed by atoms with van der Waals surface area (Å²) in [4.78, 5) is 47.5. The highest BCUT2D eigenvalue weighted by Crippen LogP contribution is 2.47. The van der Waals surface area contributed by atoms with Gasteiger partial charge in [0, 0.05) is 27.7 Å². The summed E-state index contributed by atoms with van der Waals surface area (Å²) in [5, 5.41) is 0.565. The molecule has 0 unspecified atom stereocenters. The topological polar surface area (TPSA) is 131 Å². The summed E-state index contributed by atoms with van der Waals surface area (Å²) >= 11 is 13.0. The Morgan fingerprint density at radius 2 is 1.76 bits per heavy atom. The van der Waals surface area contributed by atoms with Gasteiger partial charge in [-0.2, -0.15) is 0 Å². The number of methoxy groups -OCH3 is 1. The van der Waals surface area contributed by atoms with E-state index in [1.54, 1.807) is 41.3 Å². The average molecular weight is 693 g/mol. The number of halogens is 3. The van der Waals surface area contributed by atoms with Crippen molar-refractivity contribution in [3.8, 4) is 0 Å². The predicted octanol–water partition coefficient (Wildman–Crippen LogP) is 5.31. The van der Waals surface area contributed by atoms with Crippen molar-refractivity contribution in [3.63, 3.8) is 0 Å². The van der Waals surface area contributed by atoms with Gasteiger partial charge in [0.25, 0.3) is 11.8 Å². The zero-order chi connectivity index (χ0) is 33.2. The van der Waals surface area contributed by atoms with E-state index < -0.39 is 51.8 Å². The minimum absolute atomic E-state index is 0.0232. The molecule has 1 heterocycles. The van der Waals surface area contributed by atoms with E-state index in [2.05, 4.69) is 14.9 Å². The molecule has 1 aliphatic heterocycles. The van der Waals surface area contributed by atoms with E-state index in [9.17, 15) is 27.2 Å². The van der Waals surface area contributed by atoms with Crippen molar-refractivity contribution >= 4 is 51.0 Å². The van der Waals surface area contributed by atoms with Crippen molar-refractivity contribution in [1.29, 1.82) is 0 Å². The van der Waals surface area contributed by atoms with Crippen molar-refractivity contribution in [3.05, 3.63) is 104 Å². The fourth-order valence-corrected chi connectivity index (χ4v) is 7.70. The second-order valence-corrected chi connectivity index (χ2v) is 14.0. The van der Waals surface area contributed by atoms with Crippen LogP contribution in [0.25, 0.3) is 0 Å². The van der Waals surface area contributed by atoms with Crippen LogP contribution >= 0.6 is 23.2 Å². The van der Waals surface area contributed by atoms with Gasteiger partial charge in [-0.3, -0.25) is 14.4 Å². The molecule has 0 radical (unpaired) electrons. The molecule has 0 saturated heterocycles. The molecule has 1 aliphatic carbocycles. The van der Waals surface area contributed by atoms with E-state index in [0.29, 0.717) is 29.0 Å². The molecular formula is C32H32Cl2FN3O7S. The second-order valence-electron chi connectivity index (χ2n) is 11.3. The Kier molecular flexibility index (Phi) is 10.3. The zero-order valence-electron chi connectivity index (χ0n) is 25.0. The standard InChI is InChI=1S/C32H32Cl2FN3O7S/c1-44-32(41)19-13-18(14-21(35)15-19)17-45-36-30(39)28-22-7-3-4-8-23(22)31(40)38(29(28)24-12-11-20(33)16-25(24)34)27-10-6-5-9-26(27)37-46(2,42)43/h3-4,7-8,11-16,26-29,37H,5-6,9-10,17H2,1-2H3,(H,36,39)/t26-,27-,28+,29-/m0/s1. The summed E-state index contributed by atoms with van der Waals surface area (Å²) in [6.07, 6.45) is 3.53. The van der Waals surface area contributed by atoms with Crippen LogP contribution in [0.3, 0.4) is 0 Å². The lowest BCUT2D eigenvalue weighted by atomic mass is 9.76. The maximum atomic E-state index is 14.3. The van der Waals surface area contributed by atoms with Crippen LogP contribution in [-0.2, 0) is 31.0 Å². The Morgan fingerprint density at radius 3 is 2.48 bits per heavy atom. The van der Waals surface area contributed by atoms with Gasteiger partial charge in [0.1, 0.15) is 5.82 Å². The van der Waals surface area contributed by atoms with E-state index in [1.807, 2.05) is 0 Å². The SMILES string of the molecule is COC(=O)c1cc(F)cc(CONC(=O)[C@@H]2c3ccccc3C(=O)N([C@H]3CCCC[C@@H]3NS(C)(=O)=O)[C@H]2c2ccc(Cl)cc2Cl)c1. The number of nitrogens with zero attached hydrogens (tertiary/aromatic N) is 1. The van der Waals surface area contributed by atoms with E-state index in [-0.39, 0.29) is 34.2 Å². The molecule has 1 fully saturated rings. The van der Waals surface area contributed by atoms with Gasteiger partial charge < -0.3 is 9.64 Å². The molecule has 244 valence electrons. The highest BCUT2D eigenvalue weighted by Gasteiger charge is 2.49. The van der Waals surface area contributed by atoms with Crippen molar-refractivity contribution in [1.82, 2.24) is 15.1 Å². The van der Waals surface area contributed by atoms with Gasteiger partial charge in [0.05, 0.1) is 37.5 Å². The van der Waals surface area contributed by atoms with Crippen molar-refractivity contribution < 1.29 is 36.8 Å². The molecule has 4 atom stereocenters. The molecule has 3 aromatic carbocycles. The number of hydroxylamine groups is 1. The predicted molar refractivity (Wildman–Crippen MR) is 169 cm³/mol. The minimum atomic E-state index is -3.64. The van der Waals surface area contributed by atoms with Crippen LogP contribution in [0.4, 0.5) is 4.39 Å². The number of hydrogen-bond acceptors (Lipinski definition) is 7. The van der Waals surface area contributed by atoms with Gasteiger partial charge >= 0.3 is 5.97 Å². The maximum absolute atomic E-state index is 14.3. The smallest absolute Gasteiger partial charge is 0.337 e. The number of carbonyl (C=O) groups excluding carboxylic acids is 3. The van der Waals surface area contributed by atoms with Crippen molar-refractivity contribution in [2.45, 2.75) is 56.3 Å². The number of carbonyl (C=O) groups is 3. The van der Waals surface area contributed by atoms with E-state index in [0.717, 1.165) is 31.2 Å². The molecule has 2 N–H and O–H groups in total. The summed E-state index contributed by atoms with van der Waals surface area (Å²) in [6, 6.07) is 12.8. The lowest BCUT2D eigenvalue weighted by molar-refractivity contribution is -0.138. The highest BCUT2D eigenvalue weighted by molar-refractivity contribution is 7.88. The molecule has 0 aromatic heterocycles. The van der Waals surface area contributed by atoms with Crippen molar-refractivity contribution in [2.24, 2.45) is 0 Å². The zero-order valence-corrected chi connectivity index (χ0v) is 27.3. The third-order valence-corrected chi connectivity index (χ3v) is 9.48. The number of rotatable bonds is 9. The van der Waals surface area contributed by atoms with Crippen LogP contribution in [0.15, 0.2) is 60.7 Å². The van der Waals surface area contributed by atoms with Crippen LogP contribution in [0.2, 0.25) is 10.0 Å². The Hall–Kier alpha value is -3.55. The maximum Gasteiger partial charge on any atom is 0.337 e. The first kappa shape index (κ1) is 33.8. The summed E-state index contributed by atoms with van der Waals surface area (Å²) in [6.45, 7) is -0.292. The molecule has 0 spiro atoms. The number of amides is 2. The van der Waals surface area contributed by atoms with Gasteiger partial charge in [-0.25, -0.2) is 27.8 Å². The third-order valence-electron chi connectivity index (χ3n) is 8.18. The van der Waals surface area contributed by atoms with Gasteiger partial charge in [-0.15, -0.1) is 0 Å². The van der Waals surface area contributed by atoms with Crippen LogP contribution in [0, 0.1) is 5.82 Å². The van der Waals surface area contributed by atoms with Gasteiger partial charge in [0.15, 0.2) is 0 Å². The first-order chi connectivity index (χ1) is 21.9. The van der Waals surface area contributed by atoms with E-state index in [4.69, 9.17) is 28.0 Å². The van der Waals surface area contributed by atoms with E-state index in [1.165, 1.54) is 19.2 Å². The monoisotopic (exact) mass is 691 g/mol. The lowest BCUT2D eigenvalue weighted by Crippen LogP contribution is -2.59. The van der Waals surface area contributed by atoms with Gasteiger partial charge in [-0.05, 0) is 65.9 Å². The molecule has 1 saturated carbocycles. The molecule has 10 nitrogen and oxygen atoms in total. The molecule has 2 aliphatic rings. The fraction of sp³-hybridized carbons (Fsp3) is 0.344. The van der Waals surface area contributed by atoms with Crippen LogP contribution in [-0.4, -0.2) is 56.6 Å². The number of hydrogen-bond donors (Lipinski definition) is 2. The Bertz CT molecular complexity index is 1770. The molecule has 2 amide bonds. The van der Waals surface area contributed by atoms with Crippen molar-refractivity contribution in [2.75, 3.05) is 13.4 Å². The molecule has 14 heteroatoms. The van der Waals surface area contributed by atoms with Crippen LogP contribution in [0.5, 0.6) is 0 Å². The number of fused-ring (bicyclic) bond motifs is 1. The number of ether oxygens (including phenoxy) is 1. The Balaban J connectivity index is 1.55. The van der Waals surface area contributed by atoms with Crippen LogP contribution < -0.4 is 10.2 Å². The molecule has 3 aromatic rings. The first-order valence-electron chi connectivity index (χ1n) is 14.5. The van der Waals surface area contributed by atoms with E-state index >= 15 is 0 Å². The second kappa shape index (κ2) is 14.1. The summed E-state index contributed by atoms with van der Waals surface area (Å²) < 4.78 is 46.3. The number of benzene rings is 3. The molecule has 5 rings (SSSR count). The minimum Gasteiger partial charge on any atom is -0.465 e. The van der Waals surface area contributed by atoms with Gasteiger partial charge in [0.2, 0.25) is 10.0 Å². The third kappa shape index (κ3) is 7.37. The number of esters is 1. The number of nitrogens with one attached hydrogen (secondary N) is 2. The fourth-order valence-electron chi connectivity index (χ4n) is 6.35. The van der Waals surface area contributed by atoms with Crippen LogP contribution in [0.1, 0.15) is 75.0 Å². The summed E-state index contributed by atoms with van der Waals surface area (Å²) in [7, 11) is -2.46. The first-order valence-corrected chi connectivity index (χ1v) is 17.2. The molecule has 0 bridgehead atoms.